The predicted octanol–water partition coefficient (Wildman–Crippen LogP) is 4.64. The molecule has 28 heavy (non-hydrogen) atoms. The third-order valence-electron chi connectivity index (χ3n) is 3.63. The number of carbonyl (C=O) groups excluding carboxylic acids is 2. The lowest BCUT2D eigenvalue weighted by Crippen LogP contribution is -2.22. The largest absolute Gasteiger partial charge is 0.451 e. The van der Waals surface area contributed by atoms with E-state index in [0.717, 1.165) is 10.0 Å². The van der Waals surface area contributed by atoms with Crippen molar-refractivity contribution in [3.05, 3.63) is 62.3 Å². The van der Waals surface area contributed by atoms with Crippen LogP contribution in [0.1, 0.15) is 16.2 Å². The van der Waals surface area contributed by atoms with E-state index in [1.165, 1.54) is 6.07 Å². The summed E-state index contributed by atoms with van der Waals surface area (Å²) in [6, 6.07) is 10.5. The molecule has 0 aliphatic rings. The first-order chi connectivity index (χ1) is 13.3. The molecule has 3 rings (SSSR count). The molecule has 2 N–H and O–H groups in total. The summed E-state index contributed by atoms with van der Waals surface area (Å²) in [6.45, 7) is 1.17. The van der Waals surface area contributed by atoms with Crippen LogP contribution in [0.15, 0.2) is 40.9 Å². The Morgan fingerprint density at radius 2 is 1.89 bits per heavy atom. The van der Waals surface area contributed by atoms with Gasteiger partial charge in [-0.05, 0) is 31.2 Å². The number of hydrogen-bond acceptors (Lipinski definition) is 5. The Morgan fingerprint density at radius 3 is 2.61 bits per heavy atom. The quantitative estimate of drug-likeness (QED) is 0.515. The van der Waals surface area contributed by atoms with Crippen LogP contribution in [0.4, 0.5) is 5.82 Å². The topological polar surface area (TPSA) is 97.0 Å². The first-order valence-electron chi connectivity index (χ1n) is 7.94. The fraction of sp³-hybridized carbons (Fsp3) is 0.111. The minimum atomic E-state index is -0.711. The minimum Gasteiger partial charge on any atom is -0.451 e. The van der Waals surface area contributed by atoms with Gasteiger partial charge in [0.05, 0.1) is 21.4 Å². The molecule has 1 aromatic carbocycles. The number of hydrogen-bond donors (Lipinski definition) is 2. The maximum atomic E-state index is 12.1. The molecule has 144 valence electrons. The number of nitrogens with zero attached hydrogens (tertiary/aromatic N) is 2. The molecule has 3 aromatic rings. The van der Waals surface area contributed by atoms with Crippen molar-refractivity contribution in [2.45, 2.75) is 6.92 Å². The van der Waals surface area contributed by atoms with Crippen LogP contribution in [-0.4, -0.2) is 33.7 Å². The van der Waals surface area contributed by atoms with Crippen molar-refractivity contribution >= 4 is 56.8 Å². The Balaban J connectivity index is 1.59. The maximum Gasteiger partial charge on any atom is 0.356 e. The molecule has 0 spiro atoms. The number of nitrogens with one attached hydrogen (secondary N) is 2. The molecular weight excluding hydrogens is 471 g/mol. The second-order valence-corrected chi connectivity index (χ2v) is 7.41. The Kier molecular flexibility index (Phi) is 6.33. The van der Waals surface area contributed by atoms with Crippen LogP contribution in [0.2, 0.25) is 10.0 Å². The third kappa shape index (κ3) is 4.89. The van der Waals surface area contributed by atoms with Crippen molar-refractivity contribution in [3.63, 3.8) is 0 Å². The van der Waals surface area contributed by atoms with E-state index in [4.69, 9.17) is 27.9 Å². The molecule has 0 saturated carbocycles. The highest BCUT2D eigenvalue weighted by atomic mass is 79.9. The highest BCUT2D eigenvalue weighted by Crippen LogP contribution is 2.25. The van der Waals surface area contributed by atoms with E-state index in [0.29, 0.717) is 16.4 Å². The SMILES string of the molecule is Cc1nc(NC(=O)COC(=O)c2cc(-c3ccc(Br)cc3)n[nH]2)c(Cl)cc1Cl. The van der Waals surface area contributed by atoms with Gasteiger partial charge in [0.2, 0.25) is 0 Å². The number of esters is 1. The Morgan fingerprint density at radius 1 is 1.18 bits per heavy atom. The molecule has 7 nitrogen and oxygen atoms in total. The lowest BCUT2D eigenvalue weighted by molar-refractivity contribution is -0.119. The number of pyridine rings is 1. The lowest BCUT2D eigenvalue weighted by atomic mass is 10.1. The number of aromatic amines is 1. The van der Waals surface area contributed by atoms with Crippen molar-refractivity contribution in [2.24, 2.45) is 0 Å². The molecule has 10 heteroatoms. The number of rotatable bonds is 5. The zero-order valence-electron chi connectivity index (χ0n) is 14.4. The zero-order valence-corrected chi connectivity index (χ0v) is 17.5. The van der Waals surface area contributed by atoms with Crippen LogP contribution in [0, 0.1) is 6.92 Å². The third-order valence-corrected chi connectivity index (χ3v) is 4.83. The molecule has 2 aromatic heterocycles. The van der Waals surface area contributed by atoms with Crippen LogP contribution in [0.5, 0.6) is 0 Å². The van der Waals surface area contributed by atoms with E-state index in [1.807, 2.05) is 24.3 Å². The normalized spacial score (nSPS) is 10.6. The highest BCUT2D eigenvalue weighted by molar-refractivity contribution is 9.10. The number of H-pyrrole nitrogens is 1. The van der Waals surface area contributed by atoms with Gasteiger partial charge >= 0.3 is 5.97 Å². The van der Waals surface area contributed by atoms with E-state index in [-0.39, 0.29) is 16.5 Å². The van der Waals surface area contributed by atoms with Crippen LogP contribution < -0.4 is 5.32 Å². The fourth-order valence-electron chi connectivity index (χ4n) is 2.22. The van der Waals surface area contributed by atoms with Gasteiger partial charge in [0.15, 0.2) is 12.4 Å². The molecule has 0 aliphatic carbocycles. The highest BCUT2D eigenvalue weighted by Gasteiger charge is 2.16. The number of aryl methyl sites for hydroxylation is 1. The summed E-state index contributed by atoms with van der Waals surface area (Å²) in [7, 11) is 0. The molecule has 0 atom stereocenters. The molecule has 0 radical (unpaired) electrons. The van der Waals surface area contributed by atoms with E-state index < -0.39 is 18.5 Å². The number of ether oxygens (including phenoxy) is 1. The van der Waals surface area contributed by atoms with Crippen molar-refractivity contribution < 1.29 is 14.3 Å². The standard InChI is InChI=1S/C18H13BrCl2N4O3/c1-9-12(20)6-13(21)17(22-9)23-16(26)8-28-18(27)15-7-14(24-25-15)10-2-4-11(19)5-3-10/h2-7H,8H2,1H3,(H,24,25)(H,22,23,26). The number of carbonyl (C=O) groups is 2. The number of benzene rings is 1. The summed E-state index contributed by atoms with van der Waals surface area (Å²) in [5, 5.41) is 9.72. The van der Waals surface area contributed by atoms with Gasteiger partial charge in [-0.2, -0.15) is 5.10 Å². The number of aromatic nitrogens is 3. The van der Waals surface area contributed by atoms with Crippen molar-refractivity contribution in [1.82, 2.24) is 15.2 Å². The van der Waals surface area contributed by atoms with Gasteiger partial charge in [-0.1, -0.05) is 51.3 Å². The van der Waals surface area contributed by atoms with Gasteiger partial charge in [-0.3, -0.25) is 9.89 Å². The summed E-state index contributed by atoms with van der Waals surface area (Å²) in [6.07, 6.45) is 0. The number of anilines is 1. The molecule has 0 saturated heterocycles. The summed E-state index contributed by atoms with van der Waals surface area (Å²) in [5.74, 6) is -1.15. The van der Waals surface area contributed by atoms with Crippen molar-refractivity contribution in [3.8, 4) is 11.3 Å². The molecule has 0 aliphatic heterocycles. The van der Waals surface area contributed by atoms with Crippen LogP contribution >= 0.6 is 39.1 Å². The lowest BCUT2D eigenvalue weighted by Gasteiger charge is -2.08. The Hall–Kier alpha value is -2.42. The van der Waals surface area contributed by atoms with Crippen LogP contribution in [0.3, 0.4) is 0 Å². The van der Waals surface area contributed by atoms with Crippen molar-refractivity contribution in [2.75, 3.05) is 11.9 Å². The van der Waals surface area contributed by atoms with Gasteiger partial charge in [0.25, 0.3) is 5.91 Å². The number of halogens is 3. The average Bonchev–Trinajstić information content (AvgIpc) is 3.15. The van der Waals surface area contributed by atoms with Gasteiger partial charge < -0.3 is 10.1 Å². The predicted molar refractivity (Wildman–Crippen MR) is 110 cm³/mol. The summed E-state index contributed by atoms with van der Waals surface area (Å²) >= 11 is 15.3. The summed E-state index contributed by atoms with van der Waals surface area (Å²) < 4.78 is 5.93. The van der Waals surface area contributed by atoms with E-state index in [2.05, 4.69) is 36.4 Å². The number of amides is 1. The van der Waals surface area contributed by atoms with E-state index in [9.17, 15) is 9.59 Å². The molecule has 1 amide bonds. The van der Waals surface area contributed by atoms with Crippen LogP contribution in [0.25, 0.3) is 11.3 Å². The maximum absolute atomic E-state index is 12.1. The van der Waals surface area contributed by atoms with Gasteiger partial charge in [0.1, 0.15) is 5.69 Å². The first kappa shape index (κ1) is 20.3. The van der Waals surface area contributed by atoms with Crippen molar-refractivity contribution in [1.29, 1.82) is 0 Å². The smallest absolute Gasteiger partial charge is 0.356 e. The molecule has 2 heterocycles. The molecule has 0 bridgehead atoms. The fourth-order valence-corrected chi connectivity index (χ4v) is 2.89. The molecular formula is C18H13BrCl2N4O3. The first-order valence-corrected chi connectivity index (χ1v) is 9.49. The van der Waals surface area contributed by atoms with E-state index >= 15 is 0 Å². The second-order valence-electron chi connectivity index (χ2n) is 5.68. The van der Waals surface area contributed by atoms with Gasteiger partial charge in [-0.15, -0.1) is 0 Å². The monoisotopic (exact) mass is 482 g/mol. The average molecular weight is 484 g/mol. The minimum absolute atomic E-state index is 0.129. The van der Waals surface area contributed by atoms with Gasteiger partial charge in [0, 0.05) is 10.0 Å². The second kappa shape index (κ2) is 8.72. The Labute approximate surface area is 178 Å². The molecule has 0 unspecified atom stereocenters. The van der Waals surface area contributed by atoms with E-state index in [1.54, 1.807) is 13.0 Å². The zero-order chi connectivity index (χ0) is 20.3. The molecule has 0 fully saturated rings. The van der Waals surface area contributed by atoms with Gasteiger partial charge in [-0.25, -0.2) is 9.78 Å². The summed E-state index contributed by atoms with van der Waals surface area (Å²) in [4.78, 5) is 28.2. The Bertz CT molecular complexity index is 1040. The summed E-state index contributed by atoms with van der Waals surface area (Å²) in [5.41, 5.74) is 2.05. The van der Waals surface area contributed by atoms with Crippen LogP contribution in [-0.2, 0) is 9.53 Å².